The smallest absolute Gasteiger partial charge is 0.191 e. The van der Waals surface area contributed by atoms with Gasteiger partial charge in [-0.05, 0) is 38.5 Å². The van der Waals surface area contributed by atoms with Gasteiger partial charge in [0.2, 0.25) is 0 Å². The first-order chi connectivity index (χ1) is 12.0. The maximum atomic E-state index is 13.9. The van der Waals surface area contributed by atoms with Crippen molar-refractivity contribution in [2.24, 2.45) is 4.99 Å². The predicted octanol–water partition coefficient (Wildman–Crippen LogP) is 4.08. The van der Waals surface area contributed by atoms with E-state index in [0.29, 0.717) is 12.5 Å². The molecule has 0 saturated heterocycles. The molecule has 2 aromatic rings. The average Bonchev–Trinajstić information content (AvgIpc) is 3.00. The molecule has 2 N–H and O–H groups in total. The molecule has 144 valence electrons. The van der Waals surface area contributed by atoms with Gasteiger partial charge in [-0.3, -0.25) is 4.99 Å². The number of nitrogens with zero attached hydrogens (tertiary/aromatic N) is 2. The zero-order valence-corrected chi connectivity index (χ0v) is 18.7. The molecule has 0 aliphatic rings. The second kappa shape index (κ2) is 11.3. The summed E-state index contributed by atoms with van der Waals surface area (Å²) in [5.41, 5.74) is 0.833. The van der Waals surface area contributed by atoms with Crippen molar-refractivity contribution >= 4 is 41.3 Å². The van der Waals surface area contributed by atoms with Gasteiger partial charge in [0.15, 0.2) is 17.5 Å². The van der Waals surface area contributed by atoms with Crippen LogP contribution in [-0.4, -0.2) is 31.1 Å². The van der Waals surface area contributed by atoms with Gasteiger partial charge >= 0.3 is 0 Å². The van der Waals surface area contributed by atoms with Crippen LogP contribution in [0.4, 0.5) is 4.39 Å². The molecule has 1 aromatic carbocycles. The molecular weight excluding hydrogens is 466 g/mol. The van der Waals surface area contributed by atoms with Crippen LogP contribution < -0.4 is 15.4 Å². The summed E-state index contributed by atoms with van der Waals surface area (Å²) >= 11 is 1.69. The number of methoxy groups -OCH3 is 1. The topological polar surface area (TPSA) is 58.5 Å². The molecule has 0 spiro atoms. The molecule has 0 aliphatic carbocycles. The van der Waals surface area contributed by atoms with Crippen LogP contribution in [0.2, 0.25) is 0 Å². The Morgan fingerprint density at radius 1 is 1.42 bits per heavy atom. The molecule has 2 rings (SSSR count). The van der Waals surface area contributed by atoms with Crippen LogP contribution in [0.1, 0.15) is 35.3 Å². The van der Waals surface area contributed by atoms with Crippen molar-refractivity contribution in [2.45, 2.75) is 33.2 Å². The molecule has 0 aliphatic heterocycles. The van der Waals surface area contributed by atoms with Crippen molar-refractivity contribution in [3.8, 4) is 5.75 Å². The zero-order valence-electron chi connectivity index (χ0n) is 15.5. The number of thiazole rings is 1. The summed E-state index contributed by atoms with van der Waals surface area (Å²) in [6.45, 7) is 7.43. The highest BCUT2D eigenvalue weighted by atomic mass is 127. The van der Waals surface area contributed by atoms with E-state index in [1.165, 1.54) is 18.1 Å². The second-order valence-electron chi connectivity index (χ2n) is 5.64. The Labute approximate surface area is 175 Å². The predicted molar refractivity (Wildman–Crippen MR) is 116 cm³/mol. The summed E-state index contributed by atoms with van der Waals surface area (Å²) in [7, 11) is 1.46. The molecule has 0 fully saturated rings. The standard InChI is InChI=1S/C18H25FN4OS.HI/c1-5-20-18(21-9-8-17-22-11-12(2)25-17)23-13(3)14-6-7-16(24-4)15(19)10-14;/h6-7,10-11,13H,5,8-9H2,1-4H3,(H2,20,21,23);1H. The van der Waals surface area contributed by atoms with E-state index in [0.717, 1.165) is 23.5 Å². The number of aromatic nitrogens is 1. The lowest BCUT2D eigenvalue weighted by atomic mass is 10.1. The summed E-state index contributed by atoms with van der Waals surface area (Å²) in [6.07, 6.45) is 2.69. The first-order valence-electron chi connectivity index (χ1n) is 8.33. The lowest BCUT2D eigenvalue weighted by molar-refractivity contribution is 0.386. The number of aliphatic imine (C=N–C) groups is 1. The second-order valence-corrected chi connectivity index (χ2v) is 6.95. The number of rotatable bonds is 7. The van der Waals surface area contributed by atoms with Crippen molar-refractivity contribution in [3.05, 3.63) is 45.7 Å². The van der Waals surface area contributed by atoms with Gasteiger partial charge in [-0.15, -0.1) is 35.3 Å². The number of halogens is 2. The van der Waals surface area contributed by atoms with Gasteiger partial charge in [-0.25, -0.2) is 9.37 Å². The van der Waals surface area contributed by atoms with Crippen LogP contribution in [0, 0.1) is 12.7 Å². The lowest BCUT2D eigenvalue weighted by Gasteiger charge is -2.18. The normalized spacial score (nSPS) is 12.3. The maximum absolute atomic E-state index is 13.9. The SMILES string of the molecule is CCNC(=NCCc1ncc(C)s1)NC(C)c1ccc(OC)c(F)c1.I. The quantitative estimate of drug-likeness (QED) is 0.348. The minimum Gasteiger partial charge on any atom is -0.494 e. The first-order valence-corrected chi connectivity index (χ1v) is 9.14. The fraction of sp³-hybridized carbons (Fsp3) is 0.444. The van der Waals surface area contributed by atoms with Gasteiger partial charge in [0, 0.05) is 30.6 Å². The third-order valence-electron chi connectivity index (χ3n) is 3.64. The number of hydrogen-bond donors (Lipinski definition) is 2. The van der Waals surface area contributed by atoms with Gasteiger partial charge in [-0.2, -0.15) is 0 Å². The minimum atomic E-state index is -0.366. The molecular formula is C18H26FIN4OS. The first kappa shape index (κ1) is 22.6. The summed E-state index contributed by atoms with van der Waals surface area (Å²) in [6, 6.07) is 4.89. The van der Waals surface area contributed by atoms with Crippen molar-refractivity contribution < 1.29 is 9.13 Å². The van der Waals surface area contributed by atoms with Gasteiger partial charge in [-0.1, -0.05) is 6.07 Å². The van der Waals surface area contributed by atoms with Crippen LogP contribution in [0.5, 0.6) is 5.75 Å². The number of hydrogen-bond acceptors (Lipinski definition) is 4. The Balaban J connectivity index is 0.00000338. The molecule has 0 radical (unpaired) electrons. The van der Waals surface area contributed by atoms with E-state index in [1.54, 1.807) is 17.4 Å². The van der Waals surface area contributed by atoms with Crippen LogP contribution in [0.25, 0.3) is 0 Å². The molecule has 1 aromatic heterocycles. The van der Waals surface area contributed by atoms with Crippen LogP contribution in [0.15, 0.2) is 29.4 Å². The maximum Gasteiger partial charge on any atom is 0.191 e. The Morgan fingerprint density at radius 2 is 2.19 bits per heavy atom. The van der Waals surface area contributed by atoms with E-state index in [4.69, 9.17) is 4.74 Å². The Hall–Kier alpha value is -1.42. The molecule has 0 amide bonds. The highest BCUT2D eigenvalue weighted by Gasteiger charge is 2.11. The van der Waals surface area contributed by atoms with Crippen LogP contribution in [0.3, 0.4) is 0 Å². The van der Waals surface area contributed by atoms with Crippen LogP contribution in [-0.2, 0) is 6.42 Å². The van der Waals surface area contributed by atoms with Gasteiger partial charge in [0.1, 0.15) is 0 Å². The highest BCUT2D eigenvalue weighted by Crippen LogP contribution is 2.21. The van der Waals surface area contributed by atoms with Crippen molar-refractivity contribution in [3.63, 3.8) is 0 Å². The van der Waals surface area contributed by atoms with E-state index in [-0.39, 0.29) is 41.6 Å². The fourth-order valence-electron chi connectivity index (χ4n) is 2.34. The van der Waals surface area contributed by atoms with Crippen molar-refractivity contribution in [2.75, 3.05) is 20.2 Å². The summed E-state index contributed by atoms with van der Waals surface area (Å²) in [4.78, 5) is 10.1. The van der Waals surface area contributed by atoms with Gasteiger partial charge in [0.25, 0.3) is 0 Å². The number of benzene rings is 1. The Kier molecular flexibility index (Phi) is 9.85. The molecule has 1 atom stereocenters. The average molecular weight is 492 g/mol. The molecule has 1 heterocycles. The van der Waals surface area contributed by atoms with E-state index in [9.17, 15) is 4.39 Å². The molecule has 0 saturated carbocycles. The van der Waals surface area contributed by atoms with Crippen molar-refractivity contribution in [1.29, 1.82) is 0 Å². The summed E-state index contributed by atoms with van der Waals surface area (Å²) in [5, 5.41) is 7.61. The minimum absolute atomic E-state index is 0. The summed E-state index contributed by atoms with van der Waals surface area (Å²) in [5.74, 6) is 0.587. The third-order valence-corrected chi connectivity index (χ3v) is 4.61. The lowest BCUT2D eigenvalue weighted by Crippen LogP contribution is -2.38. The van der Waals surface area contributed by atoms with Gasteiger partial charge in [0.05, 0.1) is 18.2 Å². The van der Waals surface area contributed by atoms with E-state index < -0.39 is 0 Å². The summed E-state index contributed by atoms with van der Waals surface area (Å²) < 4.78 is 18.8. The molecule has 8 heteroatoms. The third kappa shape index (κ3) is 6.71. The molecule has 0 bridgehead atoms. The molecule has 26 heavy (non-hydrogen) atoms. The van der Waals surface area contributed by atoms with Crippen molar-refractivity contribution in [1.82, 2.24) is 15.6 Å². The largest absolute Gasteiger partial charge is 0.494 e. The van der Waals surface area contributed by atoms with Gasteiger partial charge < -0.3 is 15.4 Å². The van der Waals surface area contributed by atoms with E-state index >= 15 is 0 Å². The highest BCUT2D eigenvalue weighted by molar-refractivity contribution is 14.0. The fourth-order valence-corrected chi connectivity index (χ4v) is 3.12. The Bertz CT molecular complexity index is 723. The van der Waals surface area contributed by atoms with E-state index in [2.05, 4.69) is 20.6 Å². The molecule has 5 nitrogen and oxygen atoms in total. The molecule has 1 unspecified atom stereocenters. The zero-order chi connectivity index (χ0) is 18.2. The van der Waals surface area contributed by atoms with Crippen LogP contribution >= 0.6 is 35.3 Å². The Morgan fingerprint density at radius 3 is 2.77 bits per heavy atom. The number of ether oxygens (including phenoxy) is 1. The number of guanidine groups is 1. The monoisotopic (exact) mass is 492 g/mol. The van der Waals surface area contributed by atoms with E-state index in [1.807, 2.05) is 33.0 Å². The number of aryl methyl sites for hydroxylation is 1. The number of nitrogens with one attached hydrogen (secondary N) is 2.